The molecule has 0 saturated heterocycles. The number of aromatic nitrogens is 1. The Hall–Kier alpha value is -2.94. The van der Waals surface area contributed by atoms with Gasteiger partial charge in [0.25, 0.3) is 10.7 Å². The third kappa shape index (κ3) is 3.09. The summed E-state index contributed by atoms with van der Waals surface area (Å²) in [4.78, 5) is 19.2. The number of amides is 1. The van der Waals surface area contributed by atoms with E-state index >= 15 is 0 Å². The van der Waals surface area contributed by atoms with Crippen LogP contribution in [0.5, 0.6) is 5.75 Å². The van der Waals surface area contributed by atoms with Gasteiger partial charge in [-0.05, 0) is 48.0 Å². The molecule has 32 heavy (non-hydrogen) atoms. The normalized spacial score (nSPS) is 17.8. The van der Waals surface area contributed by atoms with E-state index in [0.29, 0.717) is 11.3 Å². The Bertz CT molecular complexity index is 1370. The van der Waals surface area contributed by atoms with Crippen LogP contribution < -0.4 is 4.74 Å². The minimum Gasteiger partial charge on any atom is -0.497 e. The minimum atomic E-state index is -2.08. The van der Waals surface area contributed by atoms with E-state index in [1.807, 2.05) is 0 Å². The highest BCUT2D eigenvalue weighted by Gasteiger charge is 2.52. The number of halogens is 3. The summed E-state index contributed by atoms with van der Waals surface area (Å²) in [7, 11) is 1.56. The average Bonchev–Trinajstić information content (AvgIpc) is 3.26. The van der Waals surface area contributed by atoms with E-state index in [2.05, 4.69) is 20.9 Å². The molecule has 0 spiro atoms. The lowest BCUT2D eigenvalue weighted by Crippen LogP contribution is -2.44. The summed E-state index contributed by atoms with van der Waals surface area (Å²) in [6.45, 7) is 0.0291. The van der Waals surface area contributed by atoms with E-state index in [-0.39, 0.29) is 38.6 Å². The summed E-state index contributed by atoms with van der Waals surface area (Å²) in [6.07, 6.45) is 0. The van der Waals surface area contributed by atoms with E-state index in [1.165, 1.54) is 17.0 Å². The number of ether oxygens (including phenoxy) is 1. The number of rotatable bonds is 4. The van der Waals surface area contributed by atoms with Crippen molar-refractivity contribution >= 4 is 44.5 Å². The Balaban J connectivity index is 1.75. The Kier molecular flexibility index (Phi) is 4.96. The van der Waals surface area contributed by atoms with Crippen LogP contribution in [0.3, 0.4) is 0 Å². The Morgan fingerprint density at radius 2 is 1.97 bits per heavy atom. The number of methoxy groups -OCH3 is 1. The molecule has 1 aromatic heterocycles. The minimum absolute atomic E-state index is 0.0291. The van der Waals surface area contributed by atoms with Gasteiger partial charge in [-0.1, -0.05) is 23.7 Å². The number of oxazole rings is 1. The van der Waals surface area contributed by atoms with Crippen molar-refractivity contribution in [2.24, 2.45) is 0 Å². The second-order valence-corrected chi connectivity index (χ2v) is 8.42. The smallest absolute Gasteiger partial charge is 0.265 e. The number of hydrogen-bond donors (Lipinski definition) is 1. The maximum Gasteiger partial charge on any atom is 0.265 e. The van der Waals surface area contributed by atoms with Crippen LogP contribution in [0.4, 0.5) is 4.39 Å². The van der Waals surface area contributed by atoms with Gasteiger partial charge in [0.1, 0.15) is 17.1 Å². The van der Waals surface area contributed by atoms with Crippen molar-refractivity contribution in [1.82, 2.24) is 9.88 Å². The highest BCUT2D eigenvalue weighted by Crippen LogP contribution is 2.48. The first kappa shape index (κ1) is 20.9. The molecule has 0 fully saturated rings. The van der Waals surface area contributed by atoms with Gasteiger partial charge in [0.15, 0.2) is 11.3 Å². The standard InChI is InChI=1S/C23H15BrClFN2O4/c1-31-14-5-2-12(3-6-14)11-28-21(29)15-7-9-18-20(27-22(24)32-18)19(15)23(28,30)16-10-13(26)4-8-17(16)25/h2-10,30H,11H2,1H3. The number of hydrogen-bond acceptors (Lipinski definition) is 5. The van der Waals surface area contributed by atoms with Crippen molar-refractivity contribution in [3.05, 3.63) is 92.5 Å². The average molecular weight is 518 g/mol. The maximum absolute atomic E-state index is 14.3. The van der Waals surface area contributed by atoms with Gasteiger partial charge in [0.05, 0.1) is 18.2 Å². The van der Waals surface area contributed by atoms with E-state index in [4.69, 9.17) is 20.8 Å². The molecule has 1 atom stereocenters. The molecule has 4 aromatic rings. The van der Waals surface area contributed by atoms with Crippen LogP contribution in [0.15, 0.2) is 63.8 Å². The van der Waals surface area contributed by atoms with Gasteiger partial charge < -0.3 is 14.3 Å². The SMILES string of the molecule is COc1ccc(CN2C(=O)c3ccc4oc(Br)nc4c3C2(O)c2cc(F)ccc2Cl)cc1. The molecule has 0 saturated carbocycles. The summed E-state index contributed by atoms with van der Waals surface area (Å²) < 4.78 is 25.0. The highest BCUT2D eigenvalue weighted by molar-refractivity contribution is 9.10. The molecule has 0 radical (unpaired) electrons. The largest absolute Gasteiger partial charge is 0.497 e. The van der Waals surface area contributed by atoms with Gasteiger partial charge >= 0.3 is 0 Å². The predicted molar refractivity (Wildman–Crippen MR) is 119 cm³/mol. The van der Waals surface area contributed by atoms with Crippen LogP contribution >= 0.6 is 27.5 Å². The lowest BCUT2D eigenvalue weighted by Gasteiger charge is -2.35. The van der Waals surface area contributed by atoms with Gasteiger partial charge in [0.2, 0.25) is 0 Å². The number of benzene rings is 3. The lowest BCUT2D eigenvalue weighted by molar-refractivity contribution is -0.0535. The molecule has 0 aliphatic carbocycles. The zero-order valence-electron chi connectivity index (χ0n) is 16.6. The fourth-order valence-corrected chi connectivity index (χ4v) is 4.67. The Morgan fingerprint density at radius 3 is 2.69 bits per heavy atom. The summed E-state index contributed by atoms with van der Waals surface area (Å²) in [5.41, 5.74) is -0.253. The van der Waals surface area contributed by atoms with Crippen molar-refractivity contribution in [3.8, 4) is 5.75 Å². The first-order valence-corrected chi connectivity index (χ1v) is 10.7. The van der Waals surface area contributed by atoms with Crippen LogP contribution in [0, 0.1) is 5.82 Å². The molecule has 6 nitrogen and oxygen atoms in total. The summed E-state index contributed by atoms with van der Waals surface area (Å²) >= 11 is 9.60. The van der Waals surface area contributed by atoms with Crippen LogP contribution in [0.25, 0.3) is 11.1 Å². The van der Waals surface area contributed by atoms with Crippen molar-refractivity contribution in [2.75, 3.05) is 7.11 Å². The summed E-state index contributed by atoms with van der Waals surface area (Å²) in [5.74, 6) is -0.390. The highest BCUT2D eigenvalue weighted by atomic mass is 79.9. The zero-order chi connectivity index (χ0) is 22.6. The van der Waals surface area contributed by atoms with E-state index in [0.717, 1.165) is 11.6 Å². The summed E-state index contributed by atoms with van der Waals surface area (Å²) in [5, 5.41) is 12.3. The fourth-order valence-electron chi connectivity index (χ4n) is 4.07. The van der Waals surface area contributed by atoms with E-state index < -0.39 is 17.4 Å². The molecule has 1 amide bonds. The van der Waals surface area contributed by atoms with Gasteiger partial charge in [-0.25, -0.2) is 9.37 Å². The number of fused-ring (bicyclic) bond motifs is 3. The van der Waals surface area contributed by atoms with E-state index in [1.54, 1.807) is 43.5 Å². The quantitative estimate of drug-likeness (QED) is 0.401. The molecule has 1 aliphatic rings. The Morgan fingerprint density at radius 1 is 1.22 bits per heavy atom. The van der Waals surface area contributed by atoms with Crippen molar-refractivity contribution < 1.29 is 23.4 Å². The Labute approximate surface area is 195 Å². The number of carbonyl (C=O) groups excluding carboxylic acids is 1. The molecular formula is C23H15BrClFN2O4. The van der Waals surface area contributed by atoms with Gasteiger partial charge in [-0.3, -0.25) is 9.69 Å². The molecule has 1 unspecified atom stereocenters. The molecule has 162 valence electrons. The first-order chi connectivity index (χ1) is 15.3. The second-order valence-electron chi connectivity index (χ2n) is 7.34. The van der Waals surface area contributed by atoms with Gasteiger partial charge in [0, 0.05) is 33.1 Å². The molecule has 3 aromatic carbocycles. The second kappa shape index (κ2) is 7.58. The number of nitrogens with zero attached hydrogens (tertiary/aromatic N) is 2. The molecule has 2 heterocycles. The summed E-state index contributed by atoms with van der Waals surface area (Å²) in [6, 6.07) is 13.9. The van der Waals surface area contributed by atoms with Crippen LogP contribution in [-0.2, 0) is 12.3 Å². The third-order valence-corrected chi connectivity index (χ3v) is 6.22. The number of carbonyl (C=O) groups is 1. The predicted octanol–water partition coefficient (Wildman–Crippen LogP) is 5.24. The zero-order valence-corrected chi connectivity index (χ0v) is 18.9. The molecule has 9 heteroatoms. The maximum atomic E-state index is 14.3. The van der Waals surface area contributed by atoms with Crippen molar-refractivity contribution in [3.63, 3.8) is 0 Å². The van der Waals surface area contributed by atoms with Gasteiger partial charge in [-0.2, -0.15) is 0 Å². The topological polar surface area (TPSA) is 75.8 Å². The molecule has 5 rings (SSSR count). The fraction of sp³-hybridized carbons (Fsp3) is 0.130. The first-order valence-electron chi connectivity index (χ1n) is 9.55. The molecular weight excluding hydrogens is 503 g/mol. The monoisotopic (exact) mass is 516 g/mol. The van der Waals surface area contributed by atoms with Crippen molar-refractivity contribution in [1.29, 1.82) is 0 Å². The molecule has 0 bridgehead atoms. The molecule has 1 N–H and O–H groups in total. The van der Waals surface area contributed by atoms with E-state index in [9.17, 15) is 14.3 Å². The van der Waals surface area contributed by atoms with Crippen molar-refractivity contribution in [2.45, 2.75) is 12.3 Å². The van der Waals surface area contributed by atoms with Crippen LogP contribution in [-0.4, -0.2) is 28.0 Å². The van der Waals surface area contributed by atoms with Crippen LogP contribution in [0.2, 0.25) is 5.02 Å². The third-order valence-electron chi connectivity index (χ3n) is 5.55. The van der Waals surface area contributed by atoms with Crippen LogP contribution in [0.1, 0.15) is 27.0 Å². The molecule has 1 aliphatic heterocycles. The number of aliphatic hydroxyl groups is 1. The lowest BCUT2D eigenvalue weighted by atomic mass is 9.92. The van der Waals surface area contributed by atoms with Gasteiger partial charge in [-0.15, -0.1) is 0 Å².